The number of ether oxygens (including phenoxy) is 3. The van der Waals surface area contributed by atoms with Gasteiger partial charge in [-0.15, -0.1) is 0 Å². The Morgan fingerprint density at radius 2 is 1.77 bits per heavy atom. The Labute approximate surface area is 234 Å². The lowest BCUT2D eigenvalue weighted by Crippen LogP contribution is -2.32. The number of carboxylic acids is 1. The highest BCUT2D eigenvalue weighted by molar-refractivity contribution is 5.68. The van der Waals surface area contributed by atoms with Crippen LogP contribution in [0.5, 0.6) is 11.5 Å². The van der Waals surface area contributed by atoms with Crippen LogP contribution in [0, 0.1) is 6.92 Å². The van der Waals surface area contributed by atoms with E-state index in [1.54, 1.807) is 0 Å². The highest BCUT2D eigenvalue weighted by Gasteiger charge is 2.21. The van der Waals surface area contributed by atoms with Gasteiger partial charge in [-0.2, -0.15) is 0 Å². The Hall–Kier alpha value is -4.01. The number of nitrogens with one attached hydrogen (secondary N) is 1. The summed E-state index contributed by atoms with van der Waals surface area (Å²) in [5, 5.41) is 11.9. The number of carbonyl (C=O) groups is 2. The molecule has 3 aromatic rings. The standard InChI is InChI=1S/C31H38N2O7/c1-3-4-17-37-25-12-9-23(10-13-25)30-33-28(21(2)39-30)16-18-38-27-14-8-22(11-15-29(34)35)24(19-27)20-32-31(36)40-26-6-5-7-26/h8-10,12-14,19,26H,3-7,11,15-18,20H2,1-2H3,(H,32,36)(H,34,35). The molecule has 2 N–H and O–H groups in total. The molecule has 0 radical (unpaired) electrons. The largest absolute Gasteiger partial charge is 0.494 e. The topological polar surface area (TPSA) is 120 Å². The Morgan fingerprint density at radius 1 is 1.02 bits per heavy atom. The number of hydrogen-bond acceptors (Lipinski definition) is 7. The molecule has 214 valence electrons. The van der Waals surface area contributed by atoms with E-state index in [1.165, 1.54) is 0 Å². The number of benzene rings is 2. The van der Waals surface area contributed by atoms with Crippen LogP contribution in [0.4, 0.5) is 4.79 Å². The van der Waals surface area contributed by atoms with Crippen LogP contribution in [0.1, 0.15) is 68.0 Å². The summed E-state index contributed by atoms with van der Waals surface area (Å²) in [6, 6.07) is 13.2. The number of aromatic nitrogens is 1. The van der Waals surface area contributed by atoms with Crippen LogP contribution < -0.4 is 14.8 Å². The molecule has 0 unspecified atom stereocenters. The number of carboxylic acid groups (broad SMARTS) is 1. The lowest BCUT2D eigenvalue weighted by molar-refractivity contribution is -0.136. The first-order chi connectivity index (χ1) is 19.4. The second-order valence-corrected chi connectivity index (χ2v) is 9.98. The number of oxazole rings is 1. The summed E-state index contributed by atoms with van der Waals surface area (Å²) < 4.78 is 23.0. The van der Waals surface area contributed by atoms with Crippen molar-refractivity contribution in [2.45, 2.75) is 77.9 Å². The van der Waals surface area contributed by atoms with E-state index in [2.05, 4.69) is 17.2 Å². The zero-order chi connectivity index (χ0) is 28.3. The summed E-state index contributed by atoms with van der Waals surface area (Å²) in [4.78, 5) is 27.9. The van der Waals surface area contributed by atoms with Gasteiger partial charge in [-0.25, -0.2) is 9.78 Å². The van der Waals surface area contributed by atoms with Crippen molar-refractivity contribution < 1.29 is 33.3 Å². The zero-order valence-electron chi connectivity index (χ0n) is 23.2. The van der Waals surface area contributed by atoms with Gasteiger partial charge in [0.2, 0.25) is 5.89 Å². The number of aryl methyl sites for hydroxylation is 2. The molecule has 0 bridgehead atoms. The number of hydrogen-bond donors (Lipinski definition) is 2. The SMILES string of the molecule is CCCCOc1ccc(-c2nc(CCOc3ccc(CCC(=O)O)c(CNC(=O)OC4CCC4)c3)c(C)o2)cc1. The Kier molecular flexibility index (Phi) is 10.4. The maximum absolute atomic E-state index is 12.1. The van der Waals surface area contributed by atoms with Crippen molar-refractivity contribution >= 4 is 12.1 Å². The van der Waals surface area contributed by atoms with Crippen LogP contribution in [-0.4, -0.2) is 41.5 Å². The molecule has 1 heterocycles. The van der Waals surface area contributed by atoms with Gasteiger partial charge >= 0.3 is 12.1 Å². The quantitative estimate of drug-likeness (QED) is 0.213. The van der Waals surface area contributed by atoms with Crippen molar-refractivity contribution in [3.63, 3.8) is 0 Å². The first kappa shape index (κ1) is 29.0. The highest BCUT2D eigenvalue weighted by atomic mass is 16.6. The van der Waals surface area contributed by atoms with Gasteiger partial charge in [-0.05, 0) is 86.6 Å². The molecule has 1 aromatic heterocycles. The number of unbranched alkanes of at least 4 members (excludes halogenated alkanes) is 1. The summed E-state index contributed by atoms with van der Waals surface area (Å²) in [7, 11) is 0. The molecule has 2 aromatic carbocycles. The predicted octanol–water partition coefficient (Wildman–Crippen LogP) is 6.25. The monoisotopic (exact) mass is 550 g/mol. The normalized spacial score (nSPS) is 12.9. The Morgan fingerprint density at radius 3 is 2.48 bits per heavy atom. The second-order valence-electron chi connectivity index (χ2n) is 9.98. The van der Waals surface area contributed by atoms with Gasteiger partial charge in [0.25, 0.3) is 0 Å². The molecule has 0 atom stereocenters. The molecule has 9 nitrogen and oxygen atoms in total. The van der Waals surface area contributed by atoms with Gasteiger partial charge in [0.05, 0.1) is 18.9 Å². The van der Waals surface area contributed by atoms with Gasteiger partial charge < -0.3 is 29.1 Å². The van der Waals surface area contributed by atoms with Crippen molar-refractivity contribution in [1.82, 2.24) is 10.3 Å². The molecule has 9 heteroatoms. The first-order valence-electron chi connectivity index (χ1n) is 14.0. The lowest BCUT2D eigenvalue weighted by atomic mass is 9.96. The van der Waals surface area contributed by atoms with Gasteiger partial charge in [0, 0.05) is 24.9 Å². The predicted molar refractivity (Wildman–Crippen MR) is 150 cm³/mol. The van der Waals surface area contributed by atoms with Crippen molar-refractivity contribution in [3.05, 3.63) is 65.0 Å². The van der Waals surface area contributed by atoms with E-state index in [4.69, 9.17) is 23.7 Å². The van der Waals surface area contributed by atoms with Crippen molar-refractivity contribution in [1.29, 1.82) is 0 Å². The number of alkyl carbamates (subject to hydrolysis) is 1. The van der Waals surface area contributed by atoms with E-state index in [9.17, 15) is 9.59 Å². The molecule has 1 aliphatic rings. The van der Waals surface area contributed by atoms with Gasteiger partial charge in [0.15, 0.2) is 0 Å². The van der Waals surface area contributed by atoms with E-state index < -0.39 is 12.1 Å². The van der Waals surface area contributed by atoms with Crippen LogP contribution >= 0.6 is 0 Å². The molecule has 40 heavy (non-hydrogen) atoms. The lowest BCUT2D eigenvalue weighted by Gasteiger charge is -2.25. The van der Waals surface area contributed by atoms with Crippen molar-refractivity contribution in [2.24, 2.45) is 0 Å². The summed E-state index contributed by atoms with van der Waals surface area (Å²) in [5.41, 5.74) is 3.34. The molecule has 4 rings (SSSR count). The molecule has 0 spiro atoms. The zero-order valence-corrected chi connectivity index (χ0v) is 23.2. The van der Waals surface area contributed by atoms with Gasteiger partial charge in [0.1, 0.15) is 23.4 Å². The molecular weight excluding hydrogens is 512 g/mol. The smallest absolute Gasteiger partial charge is 0.407 e. The van der Waals surface area contributed by atoms with E-state index >= 15 is 0 Å². The van der Waals surface area contributed by atoms with E-state index in [1.807, 2.05) is 49.4 Å². The van der Waals surface area contributed by atoms with Crippen LogP contribution in [0.3, 0.4) is 0 Å². The Bertz CT molecular complexity index is 1270. The summed E-state index contributed by atoms with van der Waals surface area (Å²) >= 11 is 0. The summed E-state index contributed by atoms with van der Waals surface area (Å²) in [6.45, 7) is 5.33. The van der Waals surface area contributed by atoms with E-state index in [-0.39, 0.29) is 19.1 Å². The average molecular weight is 551 g/mol. The molecular formula is C31H38N2O7. The number of nitrogens with zero attached hydrogens (tertiary/aromatic N) is 1. The molecule has 1 saturated carbocycles. The number of carbonyl (C=O) groups excluding carboxylic acids is 1. The van der Waals surface area contributed by atoms with E-state index in [0.29, 0.717) is 37.7 Å². The molecule has 0 saturated heterocycles. The molecule has 1 amide bonds. The first-order valence-corrected chi connectivity index (χ1v) is 14.0. The Balaban J connectivity index is 1.33. The minimum Gasteiger partial charge on any atom is -0.494 e. The summed E-state index contributed by atoms with van der Waals surface area (Å²) in [5.74, 6) is 1.87. The second kappa shape index (κ2) is 14.4. The highest BCUT2D eigenvalue weighted by Crippen LogP contribution is 2.26. The maximum Gasteiger partial charge on any atom is 0.407 e. The number of aliphatic carboxylic acids is 1. The fourth-order valence-corrected chi connectivity index (χ4v) is 4.27. The third-order valence-electron chi connectivity index (χ3n) is 6.90. The van der Waals surface area contributed by atoms with Crippen LogP contribution in [0.25, 0.3) is 11.5 Å². The minimum atomic E-state index is -0.873. The third kappa shape index (κ3) is 8.49. The van der Waals surface area contributed by atoms with Crippen molar-refractivity contribution in [3.8, 4) is 23.0 Å². The third-order valence-corrected chi connectivity index (χ3v) is 6.90. The maximum atomic E-state index is 12.1. The fourth-order valence-electron chi connectivity index (χ4n) is 4.27. The van der Waals surface area contributed by atoms with E-state index in [0.717, 1.165) is 66.0 Å². The van der Waals surface area contributed by atoms with Crippen LogP contribution in [0.2, 0.25) is 0 Å². The number of rotatable bonds is 15. The van der Waals surface area contributed by atoms with Crippen molar-refractivity contribution in [2.75, 3.05) is 13.2 Å². The molecule has 1 aliphatic carbocycles. The fraction of sp³-hybridized carbons (Fsp3) is 0.452. The molecule has 1 fully saturated rings. The van der Waals surface area contributed by atoms with Crippen LogP contribution in [-0.2, 0) is 28.9 Å². The van der Waals surface area contributed by atoms with Gasteiger partial charge in [-0.3, -0.25) is 4.79 Å². The van der Waals surface area contributed by atoms with Gasteiger partial charge in [-0.1, -0.05) is 19.4 Å². The average Bonchev–Trinajstić information content (AvgIpc) is 3.29. The van der Waals surface area contributed by atoms with Crippen LogP contribution in [0.15, 0.2) is 46.9 Å². The minimum absolute atomic E-state index is 0.00208. The summed E-state index contributed by atoms with van der Waals surface area (Å²) in [6.07, 6.45) is 5.42. The molecule has 0 aliphatic heterocycles. The number of amides is 1.